The molecule has 1 amide bonds. The zero-order chi connectivity index (χ0) is 16.2. The largest absolute Gasteiger partial charge is 0.313 e. The lowest BCUT2D eigenvalue weighted by Gasteiger charge is -2.14. The van der Waals surface area contributed by atoms with E-state index in [1.165, 1.54) is 18.7 Å². The van der Waals surface area contributed by atoms with E-state index in [9.17, 15) is 13.2 Å². The first-order valence-corrected chi connectivity index (χ1v) is 8.79. The van der Waals surface area contributed by atoms with Gasteiger partial charge in [0.15, 0.2) is 9.84 Å². The molecule has 0 bridgehead atoms. The van der Waals surface area contributed by atoms with Gasteiger partial charge in [0.05, 0.1) is 17.3 Å². The molecule has 0 saturated heterocycles. The van der Waals surface area contributed by atoms with Crippen LogP contribution >= 0.6 is 0 Å². The van der Waals surface area contributed by atoms with E-state index in [0.717, 1.165) is 11.3 Å². The van der Waals surface area contributed by atoms with Crippen LogP contribution in [0.5, 0.6) is 0 Å². The fourth-order valence-electron chi connectivity index (χ4n) is 2.06. The number of hydrogen-bond donors (Lipinski definition) is 1. The fourth-order valence-corrected chi connectivity index (χ4v) is 2.91. The predicted octanol–water partition coefficient (Wildman–Crippen LogP) is 2.07. The Kier molecular flexibility index (Phi) is 4.92. The molecule has 2 rings (SSSR count). The van der Waals surface area contributed by atoms with Gasteiger partial charge in [-0.15, -0.1) is 0 Å². The van der Waals surface area contributed by atoms with Gasteiger partial charge in [-0.05, 0) is 31.0 Å². The van der Waals surface area contributed by atoms with Crippen LogP contribution in [0.15, 0.2) is 53.1 Å². The molecule has 1 atom stereocenters. The van der Waals surface area contributed by atoms with Crippen molar-refractivity contribution in [3.8, 4) is 0 Å². The summed E-state index contributed by atoms with van der Waals surface area (Å²) in [6, 6.07) is 7.56. The average Bonchev–Trinajstić information content (AvgIpc) is 2.46. The number of sulfone groups is 1. The van der Waals surface area contributed by atoms with Crippen molar-refractivity contribution in [2.45, 2.75) is 18.6 Å². The van der Waals surface area contributed by atoms with Crippen LogP contribution in [0.3, 0.4) is 0 Å². The second-order valence-corrected chi connectivity index (χ2v) is 7.46. The summed E-state index contributed by atoms with van der Waals surface area (Å²) in [7, 11) is -3.20. The number of carbonyl (C=O) groups excluding carboxylic acids is 1. The molecule has 1 aromatic carbocycles. The van der Waals surface area contributed by atoms with Gasteiger partial charge in [0.2, 0.25) is 0 Å². The van der Waals surface area contributed by atoms with Crippen LogP contribution in [0, 0.1) is 6.92 Å². The minimum absolute atomic E-state index is 0.331. The SMILES string of the molecule is Cc1cccc(N=CNC(=O)C2=CC(S(C)(=O)=O)CC=C2)c1. The Morgan fingerprint density at radius 2 is 2.18 bits per heavy atom. The van der Waals surface area contributed by atoms with Crippen molar-refractivity contribution in [2.24, 2.45) is 4.99 Å². The molecule has 0 spiro atoms. The minimum atomic E-state index is -3.20. The summed E-state index contributed by atoms with van der Waals surface area (Å²) in [6.45, 7) is 1.96. The third-order valence-electron chi connectivity index (χ3n) is 3.25. The molecule has 1 aliphatic rings. The molecular formula is C16H18N2O3S. The fraction of sp³-hybridized carbons (Fsp3) is 0.250. The lowest BCUT2D eigenvalue weighted by molar-refractivity contribution is -0.115. The highest BCUT2D eigenvalue weighted by atomic mass is 32.2. The van der Waals surface area contributed by atoms with Crippen LogP contribution in [0.25, 0.3) is 0 Å². The van der Waals surface area contributed by atoms with Gasteiger partial charge in [0, 0.05) is 11.8 Å². The molecule has 5 nitrogen and oxygen atoms in total. The van der Waals surface area contributed by atoms with E-state index in [1.807, 2.05) is 31.2 Å². The minimum Gasteiger partial charge on any atom is -0.313 e. The van der Waals surface area contributed by atoms with Crippen LogP contribution in [0.4, 0.5) is 5.69 Å². The van der Waals surface area contributed by atoms with Gasteiger partial charge in [0.25, 0.3) is 5.91 Å². The van der Waals surface area contributed by atoms with Crippen LogP contribution in [0.1, 0.15) is 12.0 Å². The summed E-state index contributed by atoms with van der Waals surface area (Å²) < 4.78 is 23.1. The molecule has 6 heteroatoms. The zero-order valence-electron chi connectivity index (χ0n) is 12.5. The smallest absolute Gasteiger partial charge is 0.256 e. The standard InChI is InChI=1S/C16H18N2O3S/c1-12-5-3-7-14(9-12)17-11-18-16(19)13-6-4-8-15(10-13)22(2,20)21/h3-7,9-11,15H,8H2,1-2H3,(H,17,18,19). The molecular weight excluding hydrogens is 300 g/mol. The van der Waals surface area contributed by atoms with Crippen LogP contribution in [-0.4, -0.2) is 32.2 Å². The topological polar surface area (TPSA) is 75.6 Å². The van der Waals surface area contributed by atoms with E-state index in [2.05, 4.69) is 10.3 Å². The van der Waals surface area contributed by atoms with Gasteiger partial charge in [-0.25, -0.2) is 13.4 Å². The molecule has 1 aliphatic carbocycles. The normalized spacial score (nSPS) is 18.3. The predicted molar refractivity (Wildman–Crippen MR) is 87.9 cm³/mol. The van der Waals surface area contributed by atoms with Gasteiger partial charge in [0.1, 0.15) is 0 Å². The van der Waals surface area contributed by atoms with Crippen molar-refractivity contribution in [1.82, 2.24) is 5.32 Å². The first-order chi connectivity index (χ1) is 10.4. The molecule has 0 aromatic heterocycles. The van der Waals surface area contributed by atoms with Crippen molar-refractivity contribution < 1.29 is 13.2 Å². The van der Waals surface area contributed by atoms with Gasteiger partial charge < -0.3 is 5.32 Å². The summed E-state index contributed by atoms with van der Waals surface area (Å²) in [5.74, 6) is -0.374. The van der Waals surface area contributed by atoms with Crippen LogP contribution in [0.2, 0.25) is 0 Å². The third-order valence-corrected chi connectivity index (χ3v) is 4.68. The zero-order valence-corrected chi connectivity index (χ0v) is 13.3. The van der Waals surface area contributed by atoms with Gasteiger partial charge in [-0.3, -0.25) is 4.79 Å². The Morgan fingerprint density at radius 1 is 1.41 bits per heavy atom. The molecule has 0 aliphatic heterocycles. The van der Waals surface area contributed by atoms with Crippen molar-refractivity contribution in [1.29, 1.82) is 0 Å². The number of amides is 1. The lowest BCUT2D eigenvalue weighted by Crippen LogP contribution is -2.26. The maximum absolute atomic E-state index is 12.0. The molecule has 0 fully saturated rings. The molecule has 1 N–H and O–H groups in total. The lowest BCUT2D eigenvalue weighted by atomic mass is 10.1. The highest BCUT2D eigenvalue weighted by molar-refractivity contribution is 7.91. The summed E-state index contributed by atoms with van der Waals surface area (Å²) >= 11 is 0. The van der Waals surface area contributed by atoms with Gasteiger partial charge in [-0.2, -0.15) is 0 Å². The number of aliphatic imine (C=N–C) groups is 1. The Balaban J connectivity index is 2.03. The Labute approximate surface area is 130 Å². The summed E-state index contributed by atoms with van der Waals surface area (Å²) in [5, 5.41) is 1.90. The van der Waals surface area contributed by atoms with Crippen molar-refractivity contribution in [3.05, 3.63) is 53.6 Å². The van der Waals surface area contributed by atoms with Crippen LogP contribution < -0.4 is 5.32 Å². The second-order valence-electron chi connectivity index (χ2n) is 5.20. The number of rotatable bonds is 4. The van der Waals surface area contributed by atoms with E-state index in [4.69, 9.17) is 0 Å². The van der Waals surface area contributed by atoms with E-state index in [1.54, 1.807) is 12.2 Å². The number of allylic oxidation sites excluding steroid dienone is 1. The Hall–Kier alpha value is -2.21. The molecule has 1 unspecified atom stereocenters. The average molecular weight is 318 g/mol. The first-order valence-electron chi connectivity index (χ1n) is 6.83. The first kappa shape index (κ1) is 16.2. The van der Waals surface area contributed by atoms with E-state index >= 15 is 0 Å². The van der Waals surface area contributed by atoms with Gasteiger partial charge >= 0.3 is 0 Å². The van der Waals surface area contributed by atoms with Crippen LogP contribution in [-0.2, 0) is 14.6 Å². The van der Waals surface area contributed by atoms with E-state index in [0.29, 0.717) is 12.0 Å². The maximum atomic E-state index is 12.0. The number of hydrogen-bond acceptors (Lipinski definition) is 4. The van der Waals surface area contributed by atoms with E-state index < -0.39 is 15.1 Å². The van der Waals surface area contributed by atoms with Crippen molar-refractivity contribution >= 4 is 27.8 Å². The highest BCUT2D eigenvalue weighted by Crippen LogP contribution is 2.17. The maximum Gasteiger partial charge on any atom is 0.256 e. The number of aryl methyl sites for hydroxylation is 1. The molecule has 116 valence electrons. The second kappa shape index (κ2) is 6.70. The molecule has 0 radical (unpaired) electrons. The number of carbonyl (C=O) groups is 1. The number of benzene rings is 1. The summed E-state index contributed by atoms with van der Waals surface area (Å²) in [5.41, 5.74) is 2.15. The van der Waals surface area contributed by atoms with Crippen molar-refractivity contribution in [3.63, 3.8) is 0 Å². The van der Waals surface area contributed by atoms with E-state index in [-0.39, 0.29) is 5.91 Å². The summed E-state index contributed by atoms with van der Waals surface area (Å²) in [4.78, 5) is 16.2. The number of nitrogens with one attached hydrogen (secondary N) is 1. The Morgan fingerprint density at radius 3 is 2.86 bits per heavy atom. The highest BCUT2D eigenvalue weighted by Gasteiger charge is 2.21. The summed E-state index contributed by atoms with van der Waals surface area (Å²) in [6.07, 6.45) is 7.67. The molecule has 0 heterocycles. The quantitative estimate of drug-likeness (QED) is 0.682. The Bertz CT molecular complexity index is 761. The monoisotopic (exact) mass is 318 g/mol. The molecule has 22 heavy (non-hydrogen) atoms. The van der Waals surface area contributed by atoms with Crippen molar-refractivity contribution in [2.75, 3.05) is 6.26 Å². The number of nitrogens with zero attached hydrogens (tertiary/aromatic N) is 1. The molecule has 1 aromatic rings. The third kappa shape index (κ3) is 4.39. The van der Waals surface area contributed by atoms with Gasteiger partial charge in [-0.1, -0.05) is 30.4 Å². The molecule has 0 saturated carbocycles.